The molecule has 1 N–H and O–H groups in total. The summed E-state index contributed by atoms with van der Waals surface area (Å²) in [7, 11) is 0. The molecule has 0 aliphatic carbocycles. The van der Waals surface area contributed by atoms with E-state index in [1.165, 1.54) is 0 Å². The Bertz CT molecular complexity index is 396. The maximum Gasteiger partial charge on any atom is 0.0652 e. The molecule has 1 aromatic carbocycles. The molecule has 0 aliphatic heterocycles. The highest BCUT2D eigenvalue weighted by Gasteiger charge is 2.08. The first kappa shape index (κ1) is 13.7. The first-order chi connectivity index (χ1) is 7.66. The minimum Gasteiger partial charge on any atom is -0.313 e. The number of nitrogens with one attached hydrogen (secondary N) is 1. The zero-order chi connectivity index (χ0) is 12.0. The van der Waals surface area contributed by atoms with Gasteiger partial charge in [-0.1, -0.05) is 34.8 Å². The molecule has 86 valence electrons. The third kappa shape index (κ3) is 3.88. The highest BCUT2D eigenvalue weighted by molar-refractivity contribution is 6.44. The third-order valence-corrected chi connectivity index (χ3v) is 3.31. The fourth-order valence-electron chi connectivity index (χ4n) is 1.26. The van der Waals surface area contributed by atoms with Crippen LogP contribution >= 0.6 is 34.8 Å². The molecule has 0 fully saturated rings. The van der Waals surface area contributed by atoms with Crippen molar-refractivity contribution in [2.45, 2.75) is 19.4 Å². The molecule has 4 heteroatoms. The molecule has 0 saturated heterocycles. The molecule has 0 radical (unpaired) electrons. The van der Waals surface area contributed by atoms with Crippen LogP contribution in [-0.2, 0) is 6.54 Å². The van der Waals surface area contributed by atoms with E-state index in [-0.39, 0.29) is 0 Å². The van der Waals surface area contributed by atoms with Gasteiger partial charge in [0.05, 0.1) is 10.0 Å². The summed E-state index contributed by atoms with van der Waals surface area (Å²) in [4.78, 5) is 0. The number of unbranched alkanes of at least 4 members (excludes halogenated alkanes) is 1. The van der Waals surface area contributed by atoms with Gasteiger partial charge in [-0.3, -0.25) is 0 Å². The molecule has 0 bridgehead atoms. The molecule has 0 amide bonds. The van der Waals surface area contributed by atoms with Crippen molar-refractivity contribution in [3.8, 4) is 12.3 Å². The van der Waals surface area contributed by atoms with E-state index < -0.39 is 0 Å². The normalized spacial score (nSPS) is 10.1. The van der Waals surface area contributed by atoms with Crippen LogP contribution in [0.15, 0.2) is 12.1 Å². The molecule has 0 unspecified atom stereocenters. The van der Waals surface area contributed by atoms with Crippen molar-refractivity contribution < 1.29 is 0 Å². The van der Waals surface area contributed by atoms with E-state index in [0.29, 0.717) is 21.6 Å². The highest BCUT2D eigenvalue weighted by Crippen LogP contribution is 2.31. The maximum absolute atomic E-state index is 6.05. The van der Waals surface area contributed by atoms with Gasteiger partial charge in [-0.2, -0.15) is 0 Å². The lowest BCUT2D eigenvalue weighted by Gasteiger charge is -2.09. The maximum atomic E-state index is 6.05. The molecule has 1 aromatic rings. The average Bonchev–Trinajstić information content (AvgIpc) is 2.28. The summed E-state index contributed by atoms with van der Waals surface area (Å²) in [6.07, 6.45) is 6.86. The van der Waals surface area contributed by atoms with Gasteiger partial charge in [0.2, 0.25) is 0 Å². The number of hydrogen-bond acceptors (Lipinski definition) is 1. The molecule has 0 atom stereocenters. The zero-order valence-corrected chi connectivity index (χ0v) is 11.0. The van der Waals surface area contributed by atoms with Crippen molar-refractivity contribution in [3.05, 3.63) is 32.8 Å². The molecule has 0 saturated carbocycles. The molecular weight excluding hydrogens is 264 g/mol. The SMILES string of the molecule is C#CCCCNCc1c(Cl)ccc(Cl)c1Cl. The molecule has 1 nitrogen and oxygen atoms in total. The third-order valence-electron chi connectivity index (χ3n) is 2.12. The van der Waals surface area contributed by atoms with Crippen LogP contribution in [0, 0.1) is 12.3 Å². The Balaban J connectivity index is 2.54. The molecule has 16 heavy (non-hydrogen) atoms. The smallest absolute Gasteiger partial charge is 0.0652 e. The van der Waals surface area contributed by atoms with Gasteiger partial charge in [-0.15, -0.1) is 12.3 Å². The van der Waals surface area contributed by atoms with E-state index in [0.717, 1.165) is 24.9 Å². The van der Waals surface area contributed by atoms with Gasteiger partial charge in [0.15, 0.2) is 0 Å². The van der Waals surface area contributed by atoms with E-state index in [9.17, 15) is 0 Å². The topological polar surface area (TPSA) is 12.0 Å². The summed E-state index contributed by atoms with van der Waals surface area (Å²) in [5, 5.41) is 4.88. The lowest BCUT2D eigenvalue weighted by Crippen LogP contribution is -2.15. The van der Waals surface area contributed by atoms with Crippen LogP contribution in [0.1, 0.15) is 18.4 Å². The fourth-order valence-corrected chi connectivity index (χ4v) is 1.94. The molecule has 0 aromatic heterocycles. The largest absolute Gasteiger partial charge is 0.313 e. The van der Waals surface area contributed by atoms with Gasteiger partial charge in [0.1, 0.15) is 0 Å². The Morgan fingerprint density at radius 3 is 2.56 bits per heavy atom. The van der Waals surface area contributed by atoms with Crippen molar-refractivity contribution in [2.24, 2.45) is 0 Å². The number of hydrogen-bond donors (Lipinski definition) is 1. The van der Waals surface area contributed by atoms with Crippen LogP contribution in [0.4, 0.5) is 0 Å². The Kier molecular flexibility index (Phi) is 6.01. The van der Waals surface area contributed by atoms with Crippen LogP contribution in [0.2, 0.25) is 15.1 Å². The van der Waals surface area contributed by atoms with Crippen molar-refractivity contribution in [1.29, 1.82) is 0 Å². The quantitative estimate of drug-likeness (QED) is 0.484. The zero-order valence-electron chi connectivity index (χ0n) is 8.69. The number of benzene rings is 1. The van der Waals surface area contributed by atoms with Gasteiger partial charge in [0, 0.05) is 23.6 Å². The van der Waals surface area contributed by atoms with Crippen LogP contribution in [0.5, 0.6) is 0 Å². The number of rotatable bonds is 5. The predicted molar refractivity (Wildman–Crippen MR) is 71.2 cm³/mol. The first-order valence-corrected chi connectivity index (χ1v) is 6.06. The Morgan fingerprint density at radius 1 is 1.19 bits per heavy atom. The second-order valence-corrected chi connectivity index (χ2v) is 4.50. The van der Waals surface area contributed by atoms with Gasteiger partial charge in [-0.25, -0.2) is 0 Å². The van der Waals surface area contributed by atoms with Crippen LogP contribution in [-0.4, -0.2) is 6.54 Å². The number of terminal acetylenes is 1. The average molecular weight is 277 g/mol. The summed E-state index contributed by atoms with van der Waals surface area (Å²) >= 11 is 18.0. The van der Waals surface area contributed by atoms with E-state index in [2.05, 4.69) is 11.2 Å². The fraction of sp³-hybridized carbons (Fsp3) is 0.333. The van der Waals surface area contributed by atoms with Crippen molar-refractivity contribution in [3.63, 3.8) is 0 Å². The van der Waals surface area contributed by atoms with Crippen LogP contribution in [0.3, 0.4) is 0 Å². The molecule has 0 aliphatic rings. The minimum absolute atomic E-state index is 0.513. The molecule has 1 rings (SSSR count). The van der Waals surface area contributed by atoms with E-state index >= 15 is 0 Å². The summed E-state index contributed by atoms with van der Waals surface area (Å²) in [5.41, 5.74) is 0.830. The summed E-state index contributed by atoms with van der Waals surface area (Å²) < 4.78 is 0. The van der Waals surface area contributed by atoms with Crippen molar-refractivity contribution in [2.75, 3.05) is 6.54 Å². The predicted octanol–water partition coefficient (Wildman–Crippen LogP) is 4.15. The highest BCUT2D eigenvalue weighted by atomic mass is 35.5. The monoisotopic (exact) mass is 275 g/mol. The molecule has 0 heterocycles. The van der Waals surface area contributed by atoms with Gasteiger partial charge < -0.3 is 5.32 Å². The summed E-state index contributed by atoms with van der Waals surface area (Å²) in [6, 6.07) is 3.43. The van der Waals surface area contributed by atoms with Gasteiger partial charge in [-0.05, 0) is 25.1 Å². The van der Waals surface area contributed by atoms with Crippen LogP contribution < -0.4 is 5.32 Å². The van der Waals surface area contributed by atoms with Crippen molar-refractivity contribution in [1.82, 2.24) is 5.32 Å². The number of halogens is 3. The Morgan fingerprint density at radius 2 is 1.88 bits per heavy atom. The summed E-state index contributed by atoms with van der Waals surface area (Å²) in [6.45, 7) is 1.44. The first-order valence-electron chi connectivity index (χ1n) is 4.93. The van der Waals surface area contributed by atoms with Crippen molar-refractivity contribution >= 4 is 34.8 Å². The van der Waals surface area contributed by atoms with Gasteiger partial charge >= 0.3 is 0 Å². The Hall–Kier alpha value is -0.390. The second kappa shape index (κ2) is 7.04. The van der Waals surface area contributed by atoms with E-state index in [1.54, 1.807) is 12.1 Å². The van der Waals surface area contributed by atoms with E-state index in [1.807, 2.05) is 0 Å². The van der Waals surface area contributed by atoms with E-state index in [4.69, 9.17) is 41.2 Å². The second-order valence-electron chi connectivity index (χ2n) is 3.31. The Labute approximate surface area is 111 Å². The molecule has 0 spiro atoms. The molecular formula is C12H12Cl3N. The van der Waals surface area contributed by atoms with Gasteiger partial charge in [0.25, 0.3) is 0 Å². The lowest BCUT2D eigenvalue weighted by molar-refractivity contribution is 0.659. The standard InChI is InChI=1S/C12H12Cl3N/c1-2-3-4-7-16-8-9-10(13)5-6-11(14)12(9)15/h1,5-6,16H,3-4,7-8H2. The lowest BCUT2D eigenvalue weighted by atomic mass is 10.2. The summed E-state index contributed by atoms with van der Waals surface area (Å²) in [5.74, 6) is 2.59. The minimum atomic E-state index is 0.513. The van der Waals surface area contributed by atoms with Crippen LogP contribution in [0.25, 0.3) is 0 Å².